The molecule has 2 rings (SSSR count). The third kappa shape index (κ3) is 5.07. The van der Waals surface area contributed by atoms with Gasteiger partial charge in [0.1, 0.15) is 0 Å². The maximum absolute atomic E-state index is 4.70. The van der Waals surface area contributed by atoms with Crippen molar-refractivity contribution in [2.24, 2.45) is 17.3 Å². The SMILES string of the molecule is CC(C)CNCc1cnc(C2CCC(C(C)(C)C)CC2)s1. The van der Waals surface area contributed by atoms with Crippen LogP contribution in [0.1, 0.15) is 76.1 Å². The summed E-state index contributed by atoms with van der Waals surface area (Å²) in [7, 11) is 0. The first-order chi connectivity index (χ1) is 9.86. The fourth-order valence-corrected chi connectivity index (χ4v) is 4.34. The van der Waals surface area contributed by atoms with Gasteiger partial charge in [0.25, 0.3) is 0 Å². The van der Waals surface area contributed by atoms with Gasteiger partial charge in [0.2, 0.25) is 0 Å². The molecule has 120 valence electrons. The Labute approximate surface area is 134 Å². The molecule has 0 bridgehead atoms. The van der Waals surface area contributed by atoms with Crippen molar-refractivity contribution in [3.05, 3.63) is 16.1 Å². The molecule has 1 aliphatic rings. The van der Waals surface area contributed by atoms with Gasteiger partial charge in [-0.15, -0.1) is 11.3 Å². The number of thiazole rings is 1. The van der Waals surface area contributed by atoms with Gasteiger partial charge < -0.3 is 5.32 Å². The quantitative estimate of drug-likeness (QED) is 0.807. The van der Waals surface area contributed by atoms with E-state index in [0.29, 0.717) is 17.3 Å². The Balaban J connectivity index is 1.83. The number of hydrogen-bond donors (Lipinski definition) is 1. The normalized spacial score (nSPS) is 23.7. The molecule has 1 N–H and O–H groups in total. The van der Waals surface area contributed by atoms with Gasteiger partial charge in [0.15, 0.2) is 0 Å². The highest BCUT2D eigenvalue weighted by molar-refractivity contribution is 7.11. The molecule has 0 aromatic carbocycles. The van der Waals surface area contributed by atoms with Gasteiger partial charge in [-0.2, -0.15) is 0 Å². The van der Waals surface area contributed by atoms with Crippen molar-refractivity contribution in [1.82, 2.24) is 10.3 Å². The summed E-state index contributed by atoms with van der Waals surface area (Å²) in [6.45, 7) is 13.7. The first-order valence-electron chi connectivity index (χ1n) is 8.51. The van der Waals surface area contributed by atoms with Crippen LogP contribution in [0.15, 0.2) is 6.20 Å². The van der Waals surface area contributed by atoms with E-state index in [-0.39, 0.29) is 0 Å². The highest BCUT2D eigenvalue weighted by Gasteiger charge is 2.31. The van der Waals surface area contributed by atoms with Crippen LogP contribution < -0.4 is 5.32 Å². The molecule has 1 aliphatic carbocycles. The van der Waals surface area contributed by atoms with Crippen LogP contribution in [0.5, 0.6) is 0 Å². The lowest BCUT2D eigenvalue weighted by Crippen LogP contribution is -2.25. The first kappa shape index (κ1) is 17.0. The van der Waals surface area contributed by atoms with Crippen LogP contribution >= 0.6 is 11.3 Å². The largest absolute Gasteiger partial charge is 0.312 e. The van der Waals surface area contributed by atoms with E-state index in [2.05, 4.69) is 46.1 Å². The Morgan fingerprint density at radius 3 is 2.48 bits per heavy atom. The fraction of sp³-hybridized carbons (Fsp3) is 0.833. The standard InChI is InChI=1S/C18H32N2S/c1-13(2)10-19-11-16-12-20-17(21-16)14-6-8-15(9-7-14)18(3,4)5/h12-15,19H,6-11H2,1-5H3. The lowest BCUT2D eigenvalue weighted by atomic mass is 9.70. The molecule has 0 saturated heterocycles. The second kappa shape index (κ2) is 7.23. The van der Waals surface area contributed by atoms with Gasteiger partial charge in [0.05, 0.1) is 5.01 Å². The molecule has 1 aromatic heterocycles. The van der Waals surface area contributed by atoms with E-state index in [9.17, 15) is 0 Å². The first-order valence-corrected chi connectivity index (χ1v) is 9.33. The molecule has 0 aliphatic heterocycles. The maximum Gasteiger partial charge on any atom is 0.0959 e. The van der Waals surface area contributed by atoms with E-state index in [1.807, 2.05) is 11.3 Å². The summed E-state index contributed by atoms with van der Waals surface area (Å²) >= 11 is 1.93. The average Bonchev–Trinajstić information content (AvgIpc) is 2.86. The third-order valence-corrected chi connectivity index (χ3v) is 5.88. The predicted octanol–water partition coefficient (Wildman–Crippen LogP) is 5.21. The molecule has 0 unspecified atom stereocenters. The van der Waals surface area contributed by atoms with Crippen LogP contribution in [-0.4, -0.2) is 11.5 Å². The minimum atomic E-state index is 0.472. The lowest BCUT2D eigenvalue weighted by molar-refractivity contribution is 0.169. The summed E-state index contributed by atoms with van der Waals surface area (Å²) < 4.78 is 0. The predicted molar refractivity (Wildman–Crippen MR) is 92.8 cm³/mol. The van der Waals surface area contributed by atoms with Crippen LogP contribution in [0.3, 0.4) is 0 Å². The zero-order valence-electron chi connectivity index (χ0n) is 14.4. The van der Waals surface area contributed by atoms with Crippen molar-refractivity contribution in [2.75, 3.05) is 6.54 Å². The van der Waals surface area contributed by atoms with Crippen molar-refractivity contribution in [2.45, 2.75) is 72.8 Å². The van der Waals surface area contributed by atoms with Gasteiger partial charge in [-0.05, 0) is 49.5 Å². The molecule has 1 saturated carbocycles. The van der Waals surface area contributed by atoms with E-state index in [4.69, 9.17) is 4.98 Å². The summed E-state index contributed by atoms with van der Waals surface area (Å²) in [6, 6.07) is 0. The molecule has 1 aromatic rings. The molecule has 1 heterocycles. The Bertz CT molecular complexity index is 423. The summed E-state index contributed by atoms with van der Waals surface area (Å²) in [5, 5.41) is 4.89. The van der Waals surface area contributed by atoms with Crippen LogP contribution in [-0.2, 0) is 6.54 Å². The Morgan fingerprint density at radius 2 is 1.90 bits per heavy atom. The molecule has 0 spiro atoms. The van der Waals surface area contributed by atoms with E-state index in [1.54, 1.807) is 0 Å². The molecule has 0 amide bonds. The van der Waals surface area contributed by atoms with Gasteiger partial charge in [-0.1, -0.05) is 34.6 Å². The van der Waals surface area contributed by atoms with Gasteiger partial charge in [-0.25, -0.2) is 4.98 Å². The number of rotatable bonds is 5. The molecule has 2 nitrogen and oxygen atoms in total. The van der Waals surface area contributed by atoms with Gasteiger partial charge in [-0.3, -0.25) is 0 Å². The zero-order valence-corrected chi connectivity index (χ0v) is 15.2. The van der Waals surface area contributed by atoms with E-state index < -0.39 is 0 Å². The van der Waals surface area contributed by atoms with Gasteiger partial charge >= 0.3 is 0 Å². The van der Waals surface area contributed by atoms with Crippen LogP contribution in [0, 0.1) is 17.3 Å². The van der Waals surface area contributed by atoms with E-state index in [1.165, 1.54) is 35.6 Å². The highest BCUT2D eigenvalue weighted by Crippen LogP contribution is 2.43. The number of aromatic nitrogens is 1. The van der Waals surface area contributed by atoms with Crippen molar-refractivity contribution in [3.63, 3.8) is 0 Å². The molecule has 1 fully saturated rings. The Hall–Kier alpha value is -0.410. The number of hydrogen-bond acceptors (Lipinski definition) is 3. The zero-order chi connectivity index (χ0) is 15.5. The lowest BCUT2D eigenvalue weighted by Gasteiger charge is -2.36. The average molecular weight is 309 g/mol. The second-order valence-electron chi connectivity index (χ2n) is 8.10. The van der Waals surface area contributed by atoms with Crippen LogP contribution in [0.2, 0.25) is 0 Å². The Morgan fingerprint density at radius 1 is 1.24 bits per heavy atom. The van der Waals surface area contributed by atoms with Crippen molar-refractivity contribution >= 4 is 11.3 Å². The second-order valence-corrected chi connectivity index (χ2v) is 9.25. The van der Waals surface area contributed by atoms with Crippen LogP contribution in [0.4, 0.5) is 0 Å². The molecular weight excluding hydrogens is 276 g/mol. The maximum atomic E-state index is 4.70. The van der Waals surface area contributed by atoms with Crippen LogP contribution in [0.25, 0.3) is 0 Å². The monoisotopic (exact) mass is 308 g/mol. The molecule has 0 radical (unpaired) electrons. The minimum absolute atomic E-state index is 0.472. The van der Waals surface area contributed by atoms with Gasteiger partial charge in [0, 0.05) is 23.5 Å². The van der Waals surface area contributed by atoms with E-state index in [0.717, 1.165) is 19.0 Å². The highest BCUT2D eigenvalue weighted by atomic mass is 32.1. The number of nitrogens with zero attached hydrogens (tertiary/aromatic N) is 1. The minimum Gasteiger partial charge on any atom is -0.312 e. The molecule has 0 atom stereocenters. The molecule has 21 heavy (non-hydrogen) atoms. The topological polar surface area (TPSA) is 24.9 Å². The molecule has 3 heteroatoms. The molecular formula is C18H32N2S. The summed E-state index contributed by atoms with van der Waals surface area (Å²) in [5.41, 5.74) is 0.472. The Kier molecular flexibility index (Phi) is 5.84. The van der Waals surface area contributed by atoms with Crippen molar-refractivity contribution in [1.29, 1.82) is 0 Å². The fourth-order valence-electron chi connectivity index (χ4n) is 3.28. The number of nitrogens with one attached hydrogen (secondary N) is 1. The van der Waals surface area contributed by atoms with Crippen molar-refractivity contribution < 1.29 is 0 Å². The van der Waals surface area contributed by atoms with E-state index >= 15 is 0 Å². The summed E-state index contributed by atoms with van der Waals surface area (Å²) in [5.74, 6) is 2.32. The third-order valence-electron chi connectivity index (χ3n) is 4.72. The summed E-state index contributed by atoms with van der Waals surface area (Å²) in [4.78, 5) is 6.10. The van der Waals surface area contributed by atoms with Crippen molar-refractivity contribution in [3.8, 4) is 0 Å². The smallest absolute Gasteiger partial charge is 0.0959 e. The summed E-state index contributed by atoms with van der Waals surface area (Å²) in [6.07, 6.45) is 7.48.